The van der Waals surface area contributed by atoms with E-state index in [2.05, 4.69) is 25.6 Å². The van der Waals surface area contributed by atoms with Crippen LogP contribution in [0.2, 0.25) is 0 Å². The number of hydrogen-bond acceptors (Lipinski definition) is 3. The Bertz CT molecular complexity index is 894. The molecule has 0 aliphatic carbocycles. The van der Waals surface area contributed by atoms with Gasteiger partial charge in [-0.25, -0.2) is 9.98 Å². The molecular weight excluding hydrogens is 477 g/mol. The quantitative estimate of drug-likeness (QED) is 0.224. The zero-order valence-electron chi connectivity index (χ0n) is 16.7. The van der Waals surface area contributed by atoms with Crippen LogP contribution in [0.15, 0.2) is 71.9 Å². The topological polar surface area (TPSA) is 85.3 Å². The van der Waals surface area contributed by atoms with Gasteiger partial charge in [-0.1, -0.05) is 60.7 Å². The second-order valence-corrected chi connectivity index (χ2v) is 6.80. The number of nitrogens with zero attached hydrogens (tertiary/aromatic N) is 2. The van der Waals surface area contributed by atoms with Crippen molar-refractivity contribution >= 4 is 29.9 Å². The molecule has 1 aromatic heterocycles. The highest BCUT2D eigenvalue weighted by atomic mass is 127. The Morgan fingerprint density at radius 3 is 2.38 bits per heavy atom. The summed E-state index contributed by atoms with van der Waals surface area (Å²) in [6, 6.07) is 19.7. The number of aromatic amines is 1. The summed E-state index contributed by atoms with van der Waals surface area (Å²) in [5.74, 6) is 1.42. The summed E-state index contributed by atoms with van der Waals surface area (Å²) in [6.45, 7) is 5.28. The van der Waals surface area contributed by atoms with Crippen molar-refractivity contribution in [3.63, 3.8) is 0 Å². The molecule has 1 heterocycles. The summed E-state index contributed by atoms with van der Waals surface area (Å²) in [4.78, 5) is 12.3. The van der Waals surface area contributed by atoms with Crippen LogP contribution in [0.1, 0.15) is 25.2 Å². The second-order valence-electron chi connectivity index (χ2n) is 6.80. The van der Waals surface area contributed by atoms with Gasteiger partial charge in [0.15, 0.2) is 5.96 Å². The highest BCUT2D eigenvalue weighted by Gasteiger charge is 2.22. The molecule has 1 unspecified atom stereocenters. The van der Waals surface area contributed by atoms with Crippen LogP contribution >= 0.6 is 24.0 Å². The summed E-state index contributed by atoms with van der Waals surface area (Å²) >= 11 is 0. The fourth-order valence-corrected chi connectivity index (χ4v) is 2.86. The van der Waals surface area contributed by atoms with Gasteiger partial charge in [-0.15, -0.1) is 24.0 Å². The number of imidazole rings is 1. The zero-order valence-corrected chi connectivity index (χ0v) is 19.1. The molecule has 0 saturated heterocycles. The maximum atomic E-state index is 10.8. The molecule has 1 atom stereocenters. The summed E-state index contributed by atoms with van der Waals surface area (Å²) < 4.78 is 0. The summed E-state index contributed by atoms with van der Waals surface area (Å²) in [6.07, 6.45) is 1.82. The van der Waals surface area contributed by atoms with Gasteiger partial charge in [0, 0.05) is 6.54 Å². The molecule has 0 spiro atoms. The monoisotopic (exact) mass is 505 g/mol. The number of nitrogens with one attached hydrogen (secondary N) is 3. The number of aliphatic imine (C=N–C) groups is 1. The molecule has 6 nitrogen and oxygen atoms in total. The van der Waals surface area contributed by atoms with Crippen LogP contribution < -0.4 is 10.6 Å². The first-order valence-corrected chi connectivity index (χ1v) is 9.48. The van der Waals surface area contributed by atoms with E-state index in [1.807, 2.05) is 73.8 Å². The third-order valence-electron chi connectivity index (χ3n) is 4.44. The highest BCUT2D eigenvalue weighted by Crippen LogP contribution is 2.19. The average molecular weight is 505 g/mol. The number of H-pyrrole nitrogens is 1. The molecule has 0 bridgehead atoms. The van der Waals surface area contributed by atoms with Crippen LogP contribution in [-0.2, 0) is 12.1 Å². The minimum Gasteiger partial charge on any atom is -0.384 e. The third-order valence-corrected chi connectivity index (χ3v) is 4.44. The van der Waals surface area contributed by atoms with Crippen LogP contribution in [-0.4, -0.2) is 34.1 Å². The van der Waals surface area contributed by atoms with E-state index in [0.717, 1.165) is 29.2 Å². The van der Waals surface area contributed by atoms with Crippen LogP contribution in [0.3, 0.4) is 0 Å². The number of hydrogen-bond donors (Lipinski definition) is 4. The Balaban J connectivity index is 0.00000300. The molecule has 3 aromatic rings. The van der Waals surface area contributed by atoms with Crippen molar-refractivity contribution in [2.24, 2.45) is 4.99 Å². The van der Waals surface area contributed by atoms with Crippen molar-refractivity contribution < 1.29 is 5.11 Å². The molecule has 0 fully saturated rings. The Hall–Kier alpha value is -2.39. The number of benzene rings is 2. The molecule has 0 amide bonds. The van der Waals surface area contributed by atoms with E-state index in [1.165, 1.54) is 0 Å². The lowest BCUT2D eigenvalue weighted by atomic mass is 9.96. The van der Waals surface area contributed by atoms with Crippen LogP contribution in [0.4, 0.5) is 0 Å². The van der Waals surface area contributed by atoms with Crippen molar-refractivity contribution in [3.8, 4) is 11.3 Å². The van der Waals surface area contributed by atoms with Gasteiger partial charge in [0.25, 0.3) is 0 Å². The normalized spacial score (nSPS) is 13.3. The minimum atomic E-state index is -0.997. The van der Waals surface area contributed by atoms with Gasteiger partial charge in [0.2, 0.25) is 0 Å². The standard InChI is InChI=1S/C22H27N5O.HI/c1-3-23-21(26-16-22(2,28)18-12-8-5-9-13-18)25-15-20-24-14-19(27-20)17-10-6-4-7-11-17;/h4-14,28H,3,15-16H2,1-2H3,(H,24,27)(H2,23,25,26);1H. The van der Waals surface area contributed by atoms with Crippen molar-refractivity contribution in [3.05, 3.63) is 78.2 Å². The molecule has 7 heteroatoms. The second kappa shape index (κ2) is 11.0. The average Bonchev–Trinajstić information content (AvgIpc) is 3.20. The predicted octanol–water partition coefficient (Wildman–Crippen LogP) is 3.66. The Morgan fingerprint density at radius 1 is 1.07 bits per heavy atom. The van der Waals surface area contributed by atoms with E-state index in [0.29, 0.717) is 19.0 Å². The summed E-state index contributed by atoms with van der Waals surface area (Å²) in [5.41, 5.74) is 1.92. The van der Waals surface area contributed by atoms with Crippen molar-refractivity contribution in [1.29, 1.82) is 0 Å². The molecule has 0 aliphatic rings. The first kappa shape index (κ1) is 22.9. The van der Waals surface area contributed by atoms with Gasteiger partial charge in [0.05, 0.1) is 18.4 Å². The van der Waals surface area contributed by atoms with E-state index >= 15 is 0 Å². The minimum absolute atomic E-state index is 0. The SMILES string of the molecule is CCNC(=NCc1ncc(-c2ccccc2)[nH]1)NCC(C)(O)c1ccccc1.I. The first-order valence-electron chi connectivity index (χ1n) is 9.48. The van der Waals surface area contributed by atoms with E-state index in [9.17, 15) is 5.11 Å². The number of aromatic nitrogens is 2. The van der Waals surface area contributed by atoms with Gasteiger partial charge in [-0.2, -0.15) is 0 Å². The maximum Gasteiger partial charge on any atom is 0.191 e. The molecule has 0 aliphatic heterocycles. The number of guanidine groups is 1. The molecule has 0 saturated carbocycles. The number of rotatable bonds is 7. The molecule has 154 valence electrons. The fraction of sp³-hybridized carbons (Fsp3) is 0.273. The molecule has 4 N–H and O–H groups in total. The Morgan fingerprint density at radius 2 is 1.72 bits per heavy atom. The molecule has 0 radical (unpaired) electrons. The van der Waals surface area contributed by atoms with Gasteiger partial charge >= 0.3 is 0 Å². The van der Waals surface area contributed by atoms with Gasteiger partial charge < -0.3 is 20.7 Å². The highest BCUT2D eigenvalue weighted by molar-refractivity contribution is 14.0. The lowest BCUT2D eigenvalue weighted by Gasteiger charge is -2.25. The Labute approximate surface area is 188 Å². The lowest BCUT2D eigenvalue weighted by Crippen LogP contribution is -2.44. The summed E-state index contributed by atoms with van der Waals surface area (Å²) in [7, 11) is 0. The zero-order chi connectivity index (χ0) is 19.8. The van der Waals surface area contributed by atoms with E-state index in [1.54, 1.807) is 6.92 Å². The van der Waals surface area contributed by atoms with Crippen LogP contribution in [0.25, 0.3) is 11.3 Å². The lowest BCUT2D eigenvalue weighted by molar-refractivity contribution is 0.0617. The first-order chi connectivity index (χ1) is 13.6. The maximum absolute atomic E-state index is 10.8. The Kier molecular flexibility index (Phi) is 8.66. The van der Waals surface area contributed by atoms with E-state index < -0.39 is 5.60 Å². The number of halogens is 1. The largest absolute Gasteiger partial charge is 0.384 e. The van der Waals surface area contributed by atoms with Crippen molar-refractivity contribution in [2.45, 2.75) is 26.0 Å². The number of aliphatic hydroxyl groups is 1. The van der Waals surface area contributed by atoms with Gasteiger partial charge in [-0.05, 0) is 25.0 Å². The smallest absolute Gasteiger partial charge is 0.191 e. The van der Waals surface area contributed by atoms with Crippen LogP contribution in [0, 0.1) is 0 Å². The van der Waals surface area contributed by atoms with Crippen LogP contribution in [0.5, 0.6) is 0 Å². The molecular formula is C22H28IN5O. The van der Waals surface area contributed by atoms with E-state index in [4.69, 9.17) is 0 Å². The molecule has 3 rings (SSSR count). The fourth-order valence-electron chi connectivity index (χ4n) is 2.86. The predicted molar refractivity (Wildman–Crippen MR) is 128 cm³/mol. The summed E-state index contributed by atoms with van der Waals surface area (Å²) in [5, 5.41) is 17.2. The van der Waals surface area contributed by atoms with Gasteiger partial charge in [-0.3, -0.25) is 0 Å². The van der Waals surface area contributed by atoms with E-state index in [-0.39, 0.29) is 24.0 Å². The molecule has 29 heavy (non-hydrogen) atoms. The van der Waals surface area contributed by atoms with Crippen molar-refractivity contribution in [2.75, 3.05) is 13.1 Å². The van der Waals surface area contributed by atoms with Gasteiger partial charge in [0.1, 0.15) is 18.0 Å². The van der Waals surface area contributed by atoms with Crippen molar-refractivity contribution in [1.82, 2.24) is 20.6 Å². The third kappa shape index (κ3) is 6.57. The molecule has 2 aromatic carbocycles.